The van der Waals surface area contributed by atoms with Crippen molar-refractivity contribution in [1.82, 2.24) is 0 Å². The Bertz CT molecular complexity index is 550. The second-order valence-electron chi connectivity index (χ2n) is 4.26. The van der Waals surface area contributed by atoms with Gasteiger partial charge in [0, 0.05) is 12.0 Å². The number of carbonyl (C=O) groups excluding carboxylic acids is 1. The molecule has 0 saturated carbocycles. The molecule has 0 fully saturated rings. The fourth-order valence-corrected chi connectivity index (χ4v) is 1.90. The van der Waals surface area contributed by atoms with Crippen LogP contribution in [-0.2, 0) is 0 Å². The van der Waals surface area contributed by atoms with Gasteiger partial charge in [-0.05, 0) is 31.5 Å². The smallest absolute Gasteiger partial charge is 0.197 e. The Labute approximate surface area is 101 Å². The van der Waals surface area contributed by atoms with Crippen molar-refractivity contribution in [2.45, 2.75) is 27.2 Å². The number of rotatable bonds is 3. The zero-order chi connectivity index (χ0) is 12.4. The number of aryl methyl sites for hydroxylation is 2. The molecule has 0 aliphatic rings. The van der Waals surface area contributed by atoms with Crippen molar-refractivity contribution >= 4 is 5.78 Å². The minimum Gasteiger partial charge on any atom is -0.453 e. The molecule has 1 aromatic carbocycles. The van der Waals surface area contributed by atoms with Gasteiger partial charge in [0.2, 0.25) is 0 Å². The van der Waals surface area contributed by atoms with E-state index in [0.717, 1.165) is 16.9 Å². The molecular formula is C15H16O2. The van der Waals surface area contributed by atoms with Gasteiger partial charge in [0.15, 0.2) is 11.5 Å². The minimum atomic E-state index is 0.0426. The van der Waals surface area contributed by atoms with E-state index in [9.17, 15) is 4.79 Å². The quantitative estimate of drug-likeness (QED) is 0.738. The maximum absolute atomic E-state index is 11.5. The predicted molar refractivity (Wildman–Crippen MR) is 68.2 cm³/mol. The van der Waals surface area contributed by atoms with E-state index in [4.69, 9.17) is 4.42 Å². The van der Waals surface area contributed by atoms with E-state index in [1.807, 2.05) is 32.0 Å². The summed E-state index contributed by atoms with van der Waals surface area (Å²) in [5.41, 5.74) is 3.43. The molecule has 0 amide bonds. The van der Waals surface area contributed by atoms with Crippen LogP contribution in [0.4, 0.5) is 0 Å². The van der Waals surface area contributed by atoms with Gasteiger partial charge in [-0.15, -0.1) is 0 Å². The van der Waals surface area contributed by atoms with Crippen LogP contribution in [0.2, 0.25) is 0 Å². The number of ketones is 1. The molecule has 1 heterocycles. The fraction of sp³-hybridized carbons (Fsp3) is 0.267. The Morgan fingerprint density at radius 2 is 1.94 bits per heavy atom. The van der Waals surface area contributed by atoms with Gasteiger partial charge in [0.05, 0.1) is 0 Å². The molecule has 0 saturated heterocycles. The van der Waals surface area contributed by atoms with Gasteiger partial charge < -0.3 is 4.42 Å². The highest BCUT2D eigenvalue weighted by molar-refractivity contribution is 5.93. The molecule has 0 bridgehead atoms. The molecule has 2 nitrogen and oxygen atoms in total. The van der Waals surface area contributed by atoms with E-state index in [0.29, 0.717) is 12.2 Å². The van der Waals surface area contributed by atoms with Crippen molar-refractivity contribution in [1.29, 1.82) is 0 Å². The molecule has 17 heavy (non-hydrogen) atoms. The summed E-state index contributed by atoms with van der Waals surface area (Å²) in [4.78, 5) is 11.5. The lowest BCUT2D eigenvalue weighted by Crippen LogP contribution is -1.92. The van der Waals surface area contributed by atoms with Crippen LogP contribution >= 0.6 is 0 Å². The fourth-order valence-electron chi connectivity index (χ4n) is 1.90. The van der Waals surface area contributed by atoms with Crippen molar-refractivity contribution in [3.8, 4) is 11.3 Å². The predicted octanol–water partition coefficient (Wildman–Crippen LogP) is 4.16. The Balaban J connectivity index is 2.40. The lowest BCUT2D eigenvalue weighted by Gasteiger charge is -2.03. The number of benzene rings is 1. The topological polar surface area (TPSA) is 30.2 Å². The number of Topliss-reactive ketones (excluding diaryl/α,β-unsaturated/α-hetero) is 1. The summed E-state index contributed by atoms with van der Waals surface area (Å²) < 4.78 is 5.59. The third-order valence-corrected chi connectivity index (χ3v) is 2.85. The first-order valence-corrected chi connectivity index (χ1v) is 5.82. The summed E-state index contributed by atoms with van der Waals surface area (Å²) in [7, 11) is 0. The molecule has 0 atom stereocenters. The summed E-state index contributed by atoms with van der Waals surface area (Å²) in [6.45, 7) is 5.94. The maximum Gasteiger partial charge on any atom is 0.197 e. The molecule has 2 rings (SSSR count). The van der Waals surface area contributed by atoms with Gasteiger partial charge in [-0.2, -0.15) is 0 Å². The molecule has 0 N–H and O–H groups in total. The van der Waals surface area contributed by atoms with Crippen LogP contribution in [0.3, 0.4) is 0 Å². The van der Waals surface area contributed by atoms with Gasteiger partial charge in [-0.3, -0.25) is 4.79 Å². The Morgan fingerprint density at radius 1 is 1.18 bits per heavy atom. The Hall–Kier alpha value is -1.83. The van der Waals surface area contributed by atoms with Crippen molar-refractivity contribution < 1.29 is 9.21 Å². The number of carbonyl (C=O) groups is 1. The first-order valence-electron chi connectivity index (χ1n) is 5.82. The van der Waals surface area contributed by atoms with Crippen LogP contribution in [0, 0.1) is 13.8 Å². The van der Waals surface area contributed by atoms with Crippen molar-refractivity contribution in [2.24, 2.45) is 0 Å². The van der Waals surface area contributed by atoms with Gasteiger partial charge >= 0.3 is 0 Å². The van der Waals surface area contributed by atoms with Crippen LogP contribution in [0.15, 0.2) is 34.7 Å². The first kappa shape index (κ1) is 11.6. The summed E-state index contributed by atoms with van der Waals surface area (Å²) in [6, 6.07) is 9.80. The molecule has 0 radical (unpaired) electrons. The van der Waals surface area contributed by atoms with Crippen LogP contribution in [0.25, 0.3) is 11.3 Å². The molecular weight excluding hydrogens is 212 g/mol. The Kier molecular flexibility index (Phi) is 3.14. The van der Waals surface area contributed by atoms with E-state index in [-0.39, 0.29) is 5.78 Å². The van der Waals surface area contributed by atoms with E-state index >= 15 is 0 Å². The lowest BCUT2D eigenvalue weighted by atomic mass is 10.0. The molecule has 88 valence electrons. The average Bonchev–Trinajstić information content (AvgIpc) is 2.77. The average molecular weight is 228 g/mol. The Morgan fingerprint density at radius 3 is 2.59 bits per heavy atom. The lowest BCUT2D eigenvalue weighted by molar-refractivity contribution is 0.0962. The van der Waals surface area contributed by atoms with Gasteiger partial charge in [0.1, 0.15) is 5.76 Å². The monoisotopic (exact) mass is 228 g/mol. The second kappa shape index (κ2) is 4.58. The number of hydrogen-bond acceptors (Lipinski definition) is 2. The van der Waals surface area contributed by atoms with Crippen LogP contribution in [-0.4, -0.2) is 5.78 Å². The van der Waals surface area contributed by atoms with Crippen molar-refractivity contribution in [2.75, 3.05) is 0 Å². The van der Waals surface area contributed by atoms with Gasteiger partial charge in [-0.25, -0.2) is 0 Å². The van der Waals surface area contributed by atoms with E-state index in [1.165, 1.54) is 5.56 Å². The normalized spacial score (nSPS) is 10.5. The summed E-state index contributed by atoms with van der Waals surface area (Å²) in [5, 5.41) is 0. The van der Waals surface area contributed by atoms with Crippen molar-refractivity contribution in [3.05, 3.63) is 47.2 Å². The molecule has 0 aliphatic carbocycles. The number of furan rings is 1. The van der Waals surface area contributed by atoms with Crippen LogP contribution in [0.5, 0.6) is 0 Å². The van der Waals surface area contributed by atoms with E-state index < -0.39 is 0 Å². The zero-order valence-electron chi connectivity index (χ0n) is 10.4. The van der Waals surface area contributed by atoms with Gasteiger partial charge in [0.25, 0.3) is 0 Å². The summed E-state index contributed by atoms with van der Waals surface area (Å²) in [6.07, 6.45) is 0.472. The third-order valence-electron chi connectivity index (χ3n) is 2.85. The zero-order valence-corrected chi connectivity index (χ0v) is 10.4. The van der Waals surface area contributed by atoms with Crippen molar-refractivity contribution in [3.63, 3.8) is 0 Å². The first-order chi connectivity index (χ1) is 8.11. The summed E-state index contributed by atoms with van der Waals surface area (Å²) >= 11 is 0. The number of hydrogen-bond donors (Lipinski definition) is 0. The maximum atomic E-state index is 11.5. The largest absolute Gasteiger partial charge is 0.453 e. The van der Waals surface area contributed by atoms with Crippen LogP contribution < -0.4 is 0 Å². The molecule has 0 unspecified atom stereocenters. The molecule has 2 aromatic rings. The highest BCUT2D eigenvalue weighted by Gasteiger charge is 2.11. The van der Waals surface area contributed by atoms with E-state index in [2.05, 4.69) is 13.0 Å². The van der Waals surface area contributed by atoms with E-state index in [1.54, 1.807) is 6.07 Å². The standard InChI is InChI=1S/C15H16O2/c1-4-13(16)15-8-7-14(17-15)12-6-5-10(2)9-11(12)3/h5-9H,4H2,1-3H3. The van der Waals surface area contributed by atoms with Gasteiger partial charge in [-0.1, -0.05) is 30.7 Å². The minimum absolute atomic E-state index is 0.0426. The highest BCUT2D eigenvalue weighted by Crippen LogP contribution is 2.26. The molecule has 0 aliphatic heterocycles. The molecule has 0 spiro atoms. The third kappa shape index (κ3) is 2.31. The summed E-state index contributed by atoms with van der Waals surface area (Å²) in [5.74, 6) is 1.25. The molecule has 1 aromatic heterocycles. The highest BCUT2D eigenvalue weighted by atomic mass is 16.3. The SMILES string of the molecule is CCC(=O)c1ccc(-c2ccc(C)cc2C)o1. The van der Waals surface area contributed by atoms with Crippen LogP contribution in [0.1, 0.15) is 35.0 Å². The molecule has 2 heteroatoms. The second-order valence-corrected chi connectivity index (χ2v) is 4.26.